The number of aliphatic hydroxyl groups excluding tert-OH is 1. The molecule has 1 aliphatic heterocycles. The fraction of sp³-hybridized carbons (Fsp3) is 0.538. The smallest absolute Gasteiger partial charge is 0.134 e. The van der Waals surface area contributed by atoms with Gasteiger partial charge in [0.2, 0.25) is 0 Å². The van der Waals surface area contributed by atoms with E-state index in [1.807, 2.05) is 0 Å². The molecule has 1 aromatic carbocycles. The Morgan fingerprint density at radius 3 is 2.82 bits per heavy atom. The van der Waals surface area contributed by atoms with Gasteiger partial charge in [-0.3, -0.25) is 0 Å². The molecule has 2 atom stereocenters. The lowest BCUT2D eigenvalue weighted by Gasteiger charge is -2.27. The number of aryl methyl sites for hydroxylation is 1. The van der Waals surface area contributed by atoms with E-state index in [-0.39, 0.29) is 11.5 Å². The Labute approximate surface area is 99.2 Å². The van der Waals surface area contributed by atoms with Crippen LogP contribution in [0.1, 0.15) is 30.1 Å². The van der Waals surface area contributed by atoms with Crippen LogP contribution in [-0.2, 0) is 4.74 Å². The molecule has 0 aliphatic carbocycles. The summed E-state index contributed by atoms with van der Waals surface area (Å²) in [6.45, 7) is 2.57. The van der Waals surface area contributed by atoms with Crippen LogP contribution in [0.5, 0.6) is 0 Å². The van der Waals surface area contributed by atoms with E-state index in [0.717, 1.165) is 12.8 Å². The van der Waals surface area contributed by atoms with Crippen LogP contribution >= 0.6 is 0 Å². The van der Waals surface area contributed by atoms with Gasteiger partial charge < -0.3 is 9.84 Å². The summed E-state index contributed by atoms with van der Waals surface area (Å²) in [4.78, 5) is 0. The minimum absolute atomic E-state index is 0.222. The zero-order valence-electron chi connectivity index (χ0n) is 9.75. The molecule has 4 heteroatoms. The highest BCUT2D eigenvalue weighted by atomic mass is 19.1. The molecule has 0 radical (unpaired) electrons. The van der Waals surface area contributed by atoms with Gasteiger partial charge in [-0.15, -0.1) is 0 Å². The zero-order chi connectivity index (χ0) is 12.4. The summed E-state index contributed by atoms with van der Waals surface area (Å²) in [6.07, 6.45) is 0.417. The monoisotopic (exact) mass is 242 g/mol. The molecule has 17 heavy (non-hydrogen) atoms. The van der Waals surface area contributed by atoms with Crippen molar-refractivity contribution in [2.24, 2.45) is 5.92 Å². The van der Waals surface area contributed by atoms with E-state index in [2.05, 4.69) is 0 Å². The topological polar surface area (TPSA) is 29.5 Å². The van der Waals surface area contributed by atoms with Crippen LogP contribution in [-0.4, -0.2) is 18.3 Å². The molecule has 1 aromatic rings. The van der Waals surface area contributed by atoms with Crippen molar-refractivity contribution in [3.8, 4) is 0 Å². The van der Waals surface area contributed by atoms with Gasteiger partial charge in [-0.05, 0) is 31.4 Å². The van der Waals surface area contributed by atoms with Gasteiger partial charge in [-0.25, -0.2) is 8.78 Å². The molecule has 1 fully saturated rings. The normalized spacial score (nSPS) is 22.5. The predicted octanol–water partition coefficient (Wildman–Crippen LogP) is 2.73. The van der Waals surface area contributed by atoms with Gasteiger partial charge in [0.25, 0.3) is 0 Å². The highest BCUT2D eigenvalue weighted by molar-refractivity contribution is 5.28. The average molecular weight is 242 g/mol. The third kappa shape index (κ3) is 2.48. The molecule has 2 unspecified atom stereocenters. The van der Waals surface area contributed by atoms with Crippen molar-refractivity contribution in [2.45, 2.75) is 25.9 Å². The molecule has 2 nitrogen and oxygen atoms in total. The molecule has 0 aromatic heterocycles. The number of benzene rings is 1. The fourth-order valence-corrected chi connectivity index (χ4v) is 2.20. The Kier molecular flexibility index (Phi) is 3.74. The van der Waals surface area contributed by atoms with Gasteiger partial charge in [0.15, 0.2) is 0 Å². The summed E-state index contributed by atoms with van der Waals surface area (Å²) in [5.41, 5.74) is 0.123. The first kappa shape index (κ1) is 12.5. The first-order chi connectivity index (χ1) is 8.11. The number of ether oxygens (including phenoxy) is 1. The number of aliphatic hydroxyl groups is 1. The predicted molar refractivity (Wildman–Crippen MR) is 59.6 cm³/mol. The van der Waals surface area contributed by atoms with Gasteiger partial charge >= 0.3 is 0 Å². The maximum Gasteiger partial charge on any atom is 0.134 e. The Balaban J connectivity index is 2.29. The van der Waals surface area contributed by atoms with E-state index in [1.165, 1.54) is 12.1 Å². The van der Waals surface area contributed by atoms with Crippen LogP contribution in [0.25, 0.3) is 0 Å². The minimum atomic E-state index is -1.13. The molecule has 0 amide bonds. The highest BCUT2D eigenvalue weighted by Crippen LogP contribution is 2.32. The summed E-state index contributed by atoms with van der Waals surface area (Å²) in [5.74, 6) is -1.57. The Hall–Kier alpha value is -1.00. The molecule has 0 spiro atoms. The van der Waals surface area contributed by atoms with Crippen molar-refractivity contribution in [3.05, 3.63) is 34.9 Å². The lowest BCUT2D eigenvalue weighted by molar-refractivity contribution is -0.0125. The average Bonchev–Trinajstić information content (AvgIpc) is 2.35. The van der Waals surface area contributed by atoms with Crippen molar-refractivity contribution < 1.29 is 18.6 Å². The summed E-state index contributed by atoms with van der Waals surface area (Å²) in [5, 5.41) is 10.1. The van der Waals surface area contributed by atoms with E-state index in [9.17, 15) is 13.9 Å². The first-order valence-electron chi connectivity index (χ1n) is 5.81. The minimum Gasteiger partial charge on any atom is -0.388 e. The van der Waals surface area contributed by atoms with Gasteiger partial charge in [-0.2, -0.15) is 0 Å². The molecular formula is C13H16F2O2. The van der Waals surface area contributed by atoms with Crippen LogP contribution in [0.3, 0.4) is 0 Å². The Morgan fingerprint density at radius 1 is 1.41 bits per heavy atom. The summed E-state index contributed by atoms with van der Waals surface area (Å²) in [6, 6.07) is 2.57. The van der Waals surface area contributed by atoms with E-state index in [0.29, 0.717) is 18.8 Å². The third-order valence-electron chi connectivity index (χ3n) is 3.26. The van der Waals surface area contributed by atoms with Crippen LogP contribution in [0.2, 0.25) is 0 Å². The quantitative estimate of drug-likeness (QED) is 0.864. The number of hydrogen-bond acceptors (Lipinski definition) is 2. The second kappa shape index (κ2) is 5.10. The maximum atomic E-state index is 13.8. The van der Waals surface area contributed by atoms with Crippen molar-refractivity contribution >= 4 is 0 Å². The standard InChI is InChI=1S/C13H16F2O2/c1-8-4-5-10(14)11(12(8)15)13(16)9-3-2-6-17-7-9/h4-5,9,13,16H,2-3,6-7H2,1H3. The SMILES string of the molecule is Cc1ccc(F)c(C(O)C2CCCOC2)c1F. The third-order valence-corrected chi connectivity index (χ3v) is 3.26. The first-order valence-corrected chi connectivity index (χ1v) is 5.81. The maximum absolute atomic E-state index is 13.8. The number of halogens is 2. The second-order valence-electron chi connectivity index (χ2n) is 4.51. The zero-order valence-corrected chi connectivity index (χ0v) is 9.75. The van der Waals surface area contributed by atoms with Crippen molar-refractivity contribution in [1.29, 1.82) is 0 Å². The molecule has 1 N–H and O–H groups in total. The lowest BCUT2D eigenvalue weighted by Crippen LogP contribution is -2.25. The lowest BCUT2D eigenvalue weighted by atomic mass is 9.90. The van der Waals surface area contributed by atoms with Crippen LogP contribution in [0.15, 0.2) is 12.1 Å². The largest absolute Gasteiger partial charge is 0.388 e. The molecule has 94 valence electrons. The van der Waals surface area contributed by atoms with E-state index < -0.39 is 17.7 Å². The van der Waals surface area contributed by atoms with E-state index in [1.54, 1.807) is 6.92 Å². The summed E-state index contributed by atoms with van der Waals surface area (Å²) in [7, 11) is 0. The second-order valence-corrected chi connectivity index (χ2v) is 4.51. The number of rotatable bonds is 2. The molecule has 1 heterocycles. The van der Waals surface area contributed by atoms with E-state index >= 15 is 0 Å². The molecule has 0 saturated carbocycles. The van der Waals surface area contributed by atoms with E-state index in [4.69, 9.17) is 4.74 Å². The van der Waals surface area contributed by atoms with Gasteiger partial charge in [0.1, 0.15) is 11.6 Å². The summed E-state index contributed by atoms with van der Waals surface area (Å²) < 4.78 is 32.7. The molecular weight excluding hydrogens is 226 g/mol. The van der Waals surface area contributed by atoms with Crippen LogP contribution in [0.4, 0.5) is 8.78 Å². The van der Waals surface area contributed by atoms with Crippen LogP contribution in [0, 0.1) is 24.5 Å². The van der Waals surface area contributed by atoms with Crippen LogP contribution < -0.4 is 0 Å². The number of hydrogen-bond donors (Lipinski definition) is 1. The molecule has 0 bridgehead atoms. The van der Waals surface area contributed by atoms with Crippen molar-refractivity contribution in [1.82, 2.24) is 0 Å². The molecule has 1 aliphatic rings. The Bertz CT molecular complexity index is 401. The highest BCUT2D eigenvalue weighted by Gasteiger charge is 2.28. The molecule has 1 saturated heterocycles. The van der Waals surface area contributed by atoms with Gasteiger partial charge in [0, 0.05) is 12.5 Å². The Morgan fingerprint density at radius 2 is 2.18 bits per heavy atom. The van der Waals surface area contributed by atoms with Gasteiger partial charge in [-0.1, -0.05) is 6.07 Å². The van der Waals surface area contributed by atoms with Gasteiger partial charge in [0.05, 0.1) is 18.3 Å². The molecule has 2 rings (SSSR count). The summed E-state index contributed by atoms with van der Waals surface area (Å²) >= 11 is 0. The van der Waals surface area contributed by atoms with Crippen molar-refractivity contribution in [2.75, 3.05) is 13.2 Å². The fourth-order valence-electron chi connectivity index (χ4n) is 2.20. The van der Waals surface area contributed by atoms with Crippen molar-refractivity contribution in [3.63, 3.8) is 0 Å².